The molecule has 0 radical (unpaired) electrons. The van der Waals surface area contributed by atoms with Crippen molar-refractivity contribution in [3.63, 3.8) is 0 Å². The van der Waals surface area contributed by atoms with E-state index in [0.717, 1.165) is 76.7 Å². The minimum atomic E-state index is 0.583. The Balaban J connectivity index is 1.33. The van der Waals surface area contributed by atoms with Crippen LogP contribution < -0.4 is 10.2 Å². The predicted octanol–water partition coefficient (Wildman–Crippen LogP) is 4.95. The van der Waals surface area contributed by atoms with Gasteiger partial charge < -0.3 is 10.2 Å². The van der Waals surface area contributed by atoms with Crippen LogP contribution in [0.5, 0.6) is 0 Å². The minimum absolute atomic E-state index is 0.583. The van der Waals surface area contributed by atoms with E-state index < -0.39 is 0 Å². The summed E-state index contributed by atoms with van der Waals surface area (Å²) in [6.07, 6.45) is 5.68. The highest BCUT2D eigenvalue weighted by molar-refractivity contribution is 5.90. The molecule has 0 saturated carbocycles. The van der Waals surface area contributed by atoms with E-state index >= 15 is 0 Å². The summed E-state index contributed by atoms with van der Waals surface area (Å²) in [5.74, 6) is 1.77. The second-order valence-electron chi connectivity index (χ2n) is 9.52. The van der Waals surface area contributed by atoms with Gasteiger partial charge in [0.2, 0.25) is 0 Å². The van der Waals surface area contributed by atoms with Gasteiger partial charge in [-0.25, -0.2) is 9.97 Å². The van der Waals surface area contributed by atoms with Gasteiger partial charge in [-0.05, 0) is 56.0 Å². The molecule has 35 heavy (non-hydrogen) atoms. The third-order valence-corrected chi connectivity index (χ3v) is 7.01. The Morgan fingerprint density at radius 1 is 0.971 bits per heavy atom. The monoisotopic (exact) mass is 467 g/mol. The summed E-state index contributed by atoms with van der Waals surface area (Å²) in [6, 6.07) is 13.2. The highest BCUT2D eigenvalue weighted by Gasteiger charge is 2.20. The molecule has 1 aliphatic heterocycles. The number of pyridine rings is 2. The number of nitrogens with one attached hydrogen (secondary N) is 1. The number of benzene rings is 1. The molecule has 0 atom stereocenters. The first-order valence-corrected chi connectivity index (χ1v) is 12.2. The molecule has 3 aromatic heterocycles. The zero-order valence-corrected chi connectivity index (χ0v) is 21.0. The lowest BCUT2D eigenvalue weighted by molar-refractivity contribution is 0.209. The Morgan fingerprint density at radius 3 is 2.49 bits per heavy atom. The van der Waals surface area contributed by atoms with Crippen molar-refractivity contribution >= 4 is 28.1 Å². The van der Waals surface area contributed by atoms with Crippen LogP contribution in [0.3, 0.4) is 0 Å². The summed E-state index contributed by atoms with van der Waals surface area (Å²) in [5, 5.41) is 10.0. The van der Waals surface area contributed by atoms with Crippen molar-refractivity contribution < 1.29 is 0 Å². The van der Waals surface area contributed by atoms with Gasteiger partial charge in [0, 0.05) is 79.6 Å². The van der Waals surface area contributed by atoms with Gasteiger partial charge in [0.05, 0.1) is 6.20 Å². The SMILES string of the molecule is C=C(Nc1cc2cc(-c3cnn(C)c3C)ccc2cn1)c1ccnc(N2CCN(C(C)C)CC2)c1. The van der Waals surface area contributed by atoms with E-state index in [4.69, 9.17) is 0 Å². The summed E-state index contributed by atoms with van der Waals surface area (Å²) < 4.78 is 1.90. The smallest absolute Gasteiger partial charge is 0.130 e. The molecule has 180 valence electrons. The van der Waals surface area contributed by atoms with E-state index in [1.54, 1.807) is 0 Å². The fourth-order valence-electron chi connectivity index (χ4n) is 4.63. The van der Waals surface area contributed by atoms with E-state index in [9.17, 15) is 0 Å². The molecule has 4 aromatic rings. The van der Waals surface area contributed by atoms with E-state index in [-0.39, 0.29) is 0 Å². The van der Waals surface area contributed by atoms with Crippen LogP contribution in [0.1, 0.15) is 25.1 Å². The zero-order chi connectivity index (χ0) is 24.5. The molecule has 1 fully saturated rings. The van der Waals surface area contributed by atoms with E-state index in [0.29, 0.717) is 6.04 Å². The highest BCUT2D eigenvalue weighted by Crippen LogP contribution is 2.28. The van der Waals surface area contributed by atoms with Crippen LogP contribution in [0.15, 0.2) is 61.6 Å². The third-order valence-electron chi connectivity index (χ3n) is 7.01. The van der Waals surface area contributed by atoms with Gasteiger partial charge in [-0.3, -0.25) is 9.58 Å². The molecule has 0 bridgehead atoms. The van der Waals surface area contributed by atoms with Crippen LogP contribution in [-0.2, 0) is 7.05 Å². The number of aryl methyl sites for hydroxylation is 1. The first-order chi connectivity index (χ1) is 16.9. The minimum Gasteiger partial charge on any atom is -0.354 e. The average Bonchev–Trinajstić information content (AvgIpc) is 3.21. The van der Waals surface area contributed by atoms with Gasteiger partial charge in [-0.2, -0.15) is 5.10 Å². The summed E-state index contributed by atoms with van der Waals surface area (Å²) >= 11 is 0. The highest BCUT2D eigenvalue weighted by atomic mass is 15.3. The molecule has 5 rings (SSSR count). The van der Waals surface area contributed by atoms with Crippen LogP contribution in [0, 0.1) is 6.92 Å². The van der Waals surface area contributed by atoms with Gasteiger partial charge in [0.1, 0.15) is 11.6 Å². The molecule has 1 aliphatic rings. The molecule has 0 aliphatic carbocycles. The van der Waals surface area contributed by atoms with Crippen LogP contribution >= 0.6 is 0 Å². The molecule has 7 heteroatoms. The Hall–Kier alpha value is -3.71. The maximum atomic E-state index is 4.63. The van der Waals surface area contributed by atoms with Crippen molar-refractivity contribution in [3.8, 4) is 11.1 Å². The number of nitrogens with zero attached hydrogens (tertiary/aromatic N) is 6. The second kappa shape index (κ2) is 9.50. The van der Waals surface area contributed by atoms with Crippen molar-refractivity contribution in [2.24, 2.45) is 7.05 Å². The maximum absolute atomic E-state index is 4.63. The van der Waals surface area contributed by atoms with E-state index in [1.807, 2.05) is 36.4 Å². The molecule has 1 saturated heterocycles. The number of aromatic nitrogens is 4. The van der Waals surface area contributed by atoms with Crippen molar-refractivity contribution in [1.82, 2.24) is 24.6 Å². The number of piperazine rings is 1. The normalized spacial score (nSPS) is 14.6. The lowest BCUT2D eigenvalue weighted by Gasteiger charge is -2.37. The van der Waals surface area contributed by atoms with E-state index in [2.05, 4.69) is 87.9 Å². The molecule has 0 unspecified atom stereocenters. The number of fused-ring (bicyclic) bond motifs is 1. The topological polar surface area (TPSA) is 62.1 Å². The molecule has 0 spiro atoms. The van der Waals surface area contributed by atoms with Crippen LogP contribution in [0.2, 0.25) is 0 Å². The largest absolute Gasteiger partial charge is 0.354 e. The average molecular weight is 468 g/mol. The lowest BCUT2D eigenvalue weighted by Crippen LogP contribution is -2.49. The standard InChI is InChI=1S/C28H33N7/c1-19(2)34-10-12-35(13-11-34)28-16-22(8-9-29-28)20(3)32-27-15-25-14-23(6-7-24(25)17-30-27)26-18-31-33(5)21(26)4/h6-9,14-19H,3,10-13H2,1-2,4-5H3,(H,30,32). The molecule has 0 amide bonds. The Morgan fingerprint density at radius 2 is 1.77 bits per heavy atom. The first kappa shape index (κ1) is 23.1. The Labute approximate surface area is 207 Å². The van der Waals surface area contributed by atoms with Crippen molar-refractivity contribution in [2.45, 2.75) is 26.8 Å². The van der Waals surface area contributed by atoms with Crippen molar-refractivity contribution in [3.05, 3.63) is 72.8 Å². The molecule has 1 aromatic carbocycles. The molecular weight excluding hydrogens is 434 g/mol. The quantitative estimate of drug-likeness (QED) is 0.433. The first-order valence-electron chi connectivity index (χ1n) is 12.2. The van der Waals surface area contributed by atoms with Gasteiger partial charge in [-0.1, -0.05) is 18.7 Å². The number of rotatable bonds is 6. The molecule has 4 heterocycles. The number of anilines is 2. The molecule has 1 N–H and O–H groups in total. The van der Waals surface area contributed by atoms with Gasteiger partial charge in [0.25, 0.3) is 0 Å². The van der Waals surface area contributed by atoms with E-state index in [1.165, 1.54) is 0 Å². The maximum Gasteiger partial charge on any atom is 0.130 e. The summed E-state index contributed by atoms with van der Waals surface area (Å²) in [7, 11) is 1.97. The Bertz CT molecular complexity index is 1360. The molecular formula is C28H33N7. The fraction of sp³-hybridized carbons (Fsp3) is 0.321. The number of hydrogen-bond donors (Lipinski definition) is 1. The van der Waals surface area contributed by atoms with Crippen molar-refractivity contribution in [1.29, 1.82) is 0 Å². The van der Waals surface area contributed by atoms with Crippen LogP contribution in [0.4, 0.5) is 11.6 Å². The number of hydrogen-bond acceptors (Lipinski definition) is 6. The van der Waals surface area contributed by atoms with Crippen molar-refractivity contribution in [2.75, 3.05) is 36.4 Å². The van der Waals surface area contributed by atoms with Gasteiger partial charge in [-0.15, -0.1) is 0 Å². The Kier molecular flexibility index (Phi) is 6.26. The summed E-state index contributed by atoms with van der Waals surface area (Å²) in [6.45, 7) is 15.0. The van der Waals surface area contributed by atoms with Gasteiger partial charge >= 0.3 is 0 Å². The zero-order valence-electron chi connectivity index (χ0n) is 21.0. The van der Waals surface area contributed by atoms with Crippen LogP contribution in [-0.4, -0.2) is 56.9 Å². The predicted molar refractivity (Wildman–Crippen MR) is 144 cm³/mol. The lowest BCUT2D eigenvalue weighted by atomic mass is 10.0. The molecule has 7 nitrogen and oxygen atoms in total. The fourth-order valence-corrected chi connectivity index (χ4v) is 4.63. The third kappa shape index (κ3) is 4.77. The second-order valence-corrected chi connectivity index (χ2v) is 9.52. The summed E-state index contributed by atoms with van der Waals surface area (Å²) in [4.78, 5) is 14.1. The van der Waals surface area contributed by atoms with Crippen LogP contribution in [0.25, 0.3) is 27.6 Å². The summed E-state index contributed by atoms with van der Waals surface area (Å²) in [5.41, 5.74) is 5.26. The van der Waals surface area contributed by atoms with Gasteiger partial charge in [0.15, 0.2) is 0 Å².